The lowest BCUT2D eigenvalue weighted by molar-refractivity contribution is -0.0168. The van der Waals surface area contributed by atoms with Crippen LogP contribution in [0.4, 0.5) is 5.69 Å². The van der Waals surface area contributed by atoms with Gasteiger partial charge in [0.05, 0.1) is 24.1 Å². The van der Waals surface area contributed by atoms with E-state index in [-0.39, 0.29) is 5.60 Å². The number of nitrogens with two attached hydrogens (primary N) is 1. The second-order valence-corrected chi connectivity index (χ2v) is 4.69. The van der Waals surface area contributed by atoms with Crippen LogP contribution in [0.5, 0.6) is 5.88 Å². The molecule has 0 fully saturated rings. The molecule has 1 rings (SSSR count). The number of pyridine rings is 1. The fourth-order valence-corrected chi connectivity index (χ4v) is 1.11. The molecule has 16 heavy (non-hydrogen) atoms. The van der Waals surface area contributed by atoms with E-state index < -0.39 is 0 Å². The second-order valence-electron chi connectivity index (χ2n) is 4.69. The van der Waals surface area contributed by atoms with Crippen molar-refractivity contribution >= 4 is 5.69 Å². The van der Waals surface area contributed by atoms with E-state index in [1.54, 1.807) is 6.20 Å². The van der Waals surface area contributed by atoms with Crippen molar-refractivity contribution in [3.05, 3.63) is 17.8 Å². The molecule has 0 aliphatic rings. The van der Waals surface area contributed by atoms with Gasteiger partial charge in [-0.3, -0.25) is 0 Å². The highest BCUT2D eigenvalue weighted by atomic mass is 16.5. The Kier molecular flexibility index (Phi) is 4.12. The highest BCUT2D eigenvalue weighted by molar-refractivity contribution is 5.45. The molecule has 0 aliphatic carbocycles. The van der Waals surface area contributed by atoms with E-state index >= 15 is 0 Å². The highest BCUT2D eigenvalue weighted by Crippen LogP contribution is 2.15. The van der Waals surface area contributed by atoms with Crippen LogP contribution in [-0.2, 0) is 4.74 Å². The van der Waals surface area contributed by atoms with Crippen LogP contribution in [0.3, 0.4) is 0 Å². The van der Waals surface area contributed by atoms with Crippen LogP contribution in [0, 0.1) is 6.92 Å². The predicted octanol–water partition coefficient (Wildman–Crippen LogP) is 2.17. The van der Waals surface area contributed by atoms with Gasteiger partial charge in [-0.25, -0.2) is 4.98 Å². The van der Waals surface area contributed by atoms with Crippen LogP contribution in [-0.4, -0.2) is 23.8 Å². The molecule has 90 valence electrons. The number of rotatable bonds is 4. The Morgan fingerprint density at radius 3 is 2.56 bits per heavy atom. The fraction of sp³-hybridized carbons (Fsp3) is 0.583. The lowest BCUT2D eigenvalue weighted by atomic mass is 10.2. The normalized spacial score (nSPS) is 11.5. The Bertz CT molecular complexity index is 345. The van der Waals surface area contributed by atoms with Crippen molar-refractivity contribution in [3.8, 4) is 5.88 Å². The molecule has 4 heteroatoms. The van der Waals surface area contributed by atoms with E-state index in [0.29, 0.717) is 24.8 Å². The molecular weight excluding hydrogens is 204 g/mol. The first-order valence-electron chi connectivity index (χ1n) is 5.37. The van der Waals surface area contributed by atoms with E-state index in [0.717, 1.165) is 5.56 Å². The number of anilines is 1. The quantitative estimate of drug-likeness (QED) is 0.796. The Labute approximate surface area is 96.8 Å². The van der Waals surface area contributed by atoms with Gasteiger partial charge in [-0.05, 0) is 33.3 Å². The summed E-state index contributed by atoms with van der Waals surface area (Å²) in [5.74, 6) is 0.587. The maximum atomic E-state index is 5.66. The minimum Gasteiger partial charge on any atom is -0.475 e. The van der Waals surface area contributed by atoms with Gasteiger partial charge in [0.25, 0.3) is 0 Å². The maximum absolute atomic E-state index is 5.66. The van der Waals surface area contributed by atoms with Crippen LogP contribution >= 0.6 is 0 Å². The molecule has 0 spiro atoms. The lowest BCUT2D eigenvalue weighted by Gasteiger charge is -2.19. The summed E-state index contributed by atoms with van der Waals surface area (Å²) in [5, 5.41) is 0. The van der Waals surface area contributed by atoms with Crippen molar-refractivity contribution in [3.63, 3.8) is 0 Å². The smallest absolute Gasteiger partial charge is 0.213 e. The van der Waals surface area contributed by atoms with Crippen molar-refractivity contribution in [1.82, 2.24) is 4.98 Å². The summed E-state index contributed by atoms with van der Waals surface area (Å²) in [5.41, 5.74) is 7.18. The van der Waals surface area contributed by atoms with Crippen molar-refractivity contribution in [2.24, 2.45) is 0 Å². The van der Waals surface area contributed by atoms with Gasteiger partial charge < -0.3 is 15.2 Å². The third-order valence-corrected chi connectivity index (χ3v) is 1.99. The molecule has 0 unspecified atom stereocenters. The monoisotopic (exact) mass is 224 g/mol. The number of hydrogen-bond acceptors (Lipinski definition) is 4. The predicted molar refractivity (Wildman–Crippen MR) is 64.6 cm³/mol. The summed E-state index contributed by atoms with van der Waals surface area (Å²) >= 11 is 0. The molecular formula is C12H20N2O2. The summed E-state index contributed by atoms with van der Waals surface area (Å²) in [4.78, 5) is 4.07. The van der Waals surface area contributed by atoms with Gasteiger partial charge in [0.15, 0.2) is 0 Å². The van der Waals surface area contributed by atoms with Gasteiger partial charge in [0.2, 0.25) is 5.88 Å². The van der Waals surface area contributed by atoms with E-state index in [9.17, 15) is 0 Å². The number of hydrogen-bond donors (Lipinski definition) is 1. The Morgan fingerprint density at radius 1 is 1.31 bits per heavy atom. The first-order chi connectivity index (χ1) is 7.38. The van der Waals surface area contributed by atoms with E-state index in [1.807, 2.05) is 33.8 Å². The average Bonchev–Trinajstić information content (AvgIpc) is 2.17. The molecule has 4 nitrogen and oxygen atoms in total. The van der Waals surface area contributed by atoms with Gasteiger partial charge >= 0.3 is 0 Å². The molecule has 2 N–H and O–H groups in total. The van der Waals surface area contributed by atoms with Crippen molar-refractivity contribution in [1.29, 1.82) is 0 Å². The number of nitrogen functional groups attached to an aromatic ring is 1. The second kappa shape index (κ2) is 5.16. The Balaban J connectivity index is 2.35. The summed E-state index contributed by atoms with van der Waals surface area (Å²) in [6.45, 7) is 9.01. The molecule has 0 amide bonds. The van der Waals surface area contributed by atoms with Crippen LogP contribution in [0.25, 0.3) is 0 Å². The van der Waals surface area contributed by atoms with E-state index in [1.165, 1.54) is 0 Å². The summed E-state index contributed by atoms with van der Waals surface area (Å²) in [6.07, 6.45) is 1.61. The zero-order chi connectivity index (χ0) is 12.2. The highest BCUT2D eigenvalue weighted by Gasteiger charge is 2.09. The topological polar surface area (TPSA) is 57.4 Å². The minimum absolute atomic E-state index is 0.131. The molecule has 0 aromatic carbocycles. The molecule has 1 aromatic heterocycles. The lowest BCUT2D eigenvalue weighted by Crippen LogP contribution is -2.22. The average molecular weight is 224 g/mol. The van der Waals surface area contributed by atoms with Gasteiger partial charge in [-0.1, -0.05) is 0 Å². The number of aromatic nitrogens is 1. The van der Waals surface area contributed by atoms with Crippen molar-refractivity contribution < 1.29 is 9.47 Å². The third-order valence-electron chi connectivity index (χ3n) is 1.99. The Morgan fingerprint density at radius 2 is 2.00 bits per heavy atom. The van der Waals surface area contributed by atoms with Crippen molar-refractivity contribution in [2.45, 2.75) is 33.3 Å². The van der Waals surface area contributed by atoms with Crippen LogP contribution in [0.2, 0.25) is 0 Å². The molecule has 0 atom stereocenters. The minimum atomic E-state index is -0.131. The zero-order valence-electron chi connectivity index (χ0n) is 10.4. The standard InChI is InChI=1S/C12H20N2O2/c1-9-7-11(14-8-10(9)13)15-5-6-16-12(2,3)4/h7-8H,5-6,13H2,1-4H3. The molecule has 0 bridgehead atoms. The molecule has 1 heterocycles. The molecule has 0 aliphatic heterocycles. The molecule has 1 aromatic rings. The SMILES string of the molecule is Cc1cc(OCCOC(C)(C)C)ncc1N. The van der Waals surface area contributed by atoms with Crippen LogP contribution < -0.4 is 10.5 Å². The number of nitrogens with zero attached hydrogens (tertiary/aromatic N) is 1. The fourth-order valence-electron chi connectivity index (χ4n) is 1.11. The Hall–Kier alpha value is -1.29. The first kappa shape index (κ1) is 12.8. The molecule has 0 radical (unpaired) electrons. The maximum Gasteiger partial charge on any atom is 0.213 e. The van der Waals surface area contributed by atoms with Gasteiger partial charge in [0.1, 0.15) is 6.61 Å². The number of aryl methyl sites for hydroxylation is 1. The molecule has 0 saturated carbocycles. The first-order valence-corrected chi connectivity index (χ1v) is 5.37. The zero-order valence-corrected chi connectivity index (χ0v) is 10.4. The van der Waals surface area contributed by atoms with Crippen LogP contribution in [0.15, 0.2) is 12.3 Å². The van der Waals surface area contributed by atoms with Crippen molar-refractivity contribution in [2.75, 3.05) is 18.9 Å². The van der Waals surface area contributed by atoms with Gasteiger partial charge in [-0.15, -0.1) is 0 Å². The number of ether oxygens (including phenoxy) is 2. The van der Waals surface area contributed by atoms with Crippen LogP contribution in [0.1, 0.15) is 26.3 Å². The summed E-state index contributed by atoms with van der Waals surface area (Å²) in [6, 6.07) is 1.83. The third kappa shape index (κ3) is 4.49. The van der Waals surface area contributed by atoms with E-state index in [2.05, 4.69) is 4.98 Å². The van der Waals surface area contributed by atoms with Gasteiger partial charge in [0, 0.05) is 6.07 Å². The molecule has 0 saturated heterocycles. The van der Waals surface area contributed by atoms with Gasteiger partial charge in [-0.2, -0.15) is 0 Å². The summed E-state index contributed by atoms with van der Waals surface area (Å²) < 4.78 is 11.0. The largest absolute Gasteiger partial charge is 0.475 e. The summed E-state index contributed by atoms with van der Waals surface area (Å²) in [7, 11) is 0. The van der Waals surface area contributed by atoms with E-state index in [4.69, 9.17) is 15.2 Å².